The summed E-state index contributed by atoms with van der Waals surface area (Å²) in [5, 5.41) is 0. The van der Waals surface area contributed by atoms with Crippen LogP contribution in [-0.2, 0) is 0 Å². The van der Waals surface area contributed by atoms with Gasteiger partial charge >= 0.3 is 0 Å². The van der Waals surface area contributed by atoms with Gasteiger partial charge in [-0.15, -0.1) is 0 Å². The third-order valence-electron chi connectivity index (χ3n) is 2.72. The Balaban J connectivity index is 2.05. The zero-order valence-corrected chi connectivity index (χ0v) is 8.49. The molecule has 0 amide bonds. The second-order valence-electron chi connectivity index (χ2n) is 3.90. The first-order valence-corrected chi connectivity index (χ1v) is 5.14. The second kappa shape index (κ2) is 3.86. The van der Waals surface area contributed by atoms with Gasteiger partial charge in [0, 0.05) is 6.07 Å². The van der Waals surface area contributed by atoms with Crippen LogP contribution in [0.5, 0.6) is 5.88 Å². The van der Waals surface area contributed by atoms with Crippen LogP contribution in [0, 0.1) is 6.92 Å². The summed E-state index contributed by atoms with van der Waals surface area (Å²) in [7, 11) is 0. The van der Waals surface area contributed by atoms with Crippen molar-refractivity contribution in [3.8, 4) is 5.88 Å². The molecule has 0 unspecified atom stereocenters. The number of nitrogen functional groups attached to an aromatic ring is 1. The Bertz CT molecular complexity index is 319. The van der Waals surface area contributed by atoms with Crippen LogP contribution in [0.3, 0.4) is 0 Å². The Morgan fingerprint density at radius 1 is 1.43 bits per heavy atom. The van der Waals surface area contributed by atoms with Crippen molar-refractivity contribution < 1.29 is 4.74 Å². The van der Waals surface area contributed by atoms with Gasteiger partial charge in [-0.05, 0) is 38.2 Å². The van der Waals surface area contributed by atoms with Gasteiger partial charge in [0.1, 0.15) is 6.10 Å². The maximum atomic E-state index is 5.74. The maximum absolute atomic E-state index is 5.74. The Kier molecular flexibility index (Phi) is 2.57. The summed E-state index contributed by atoms with van der Waals surface area (Å²) in [6.45, 7) is 1.97. The van der Waals surface area contributed by atoms with E-state index in [1.807, 2.05) is 13.0 Å². The van der Waals surface area contributed by atoms with Gasteiger partial charge in [-0.2, -0.15) is 0 Å². The fourth-order valence-electron chi connectivity index (χ4n) is 1.78. The molecule has 2 N–H and O–H groups in total. The summed E-state index contributed by atoms with van der Waals surface area (Å²) in [5.41, 5.74) is 7.44. The smallest absolute Gasteiger partial charge is 0.213 e. The highest BCUT2D eigenvalue weighted by Gasteiger charge is 2.16. The molecule has 1 heterocycles. The van der Waals surface area contributed by atoms with Gasteiger partial charge in [-0.1, -0.05) is 0 Å². The van der Waals surface area contributed by atoms with Crippen molar-refractivity contribution in [3.05, 3.63) is 17.8 Å². The molecular formula is C11H16N2O. The lowest BCUT2D eigenvalue weighted by Crippen LogP contribution is -2.12. The van der Waals surface area contributed by atoms with Crippen LogP contribution < -0.4 is 10.5 Å². The number of anilines is 1. The summed E-state index contributed by atoms with van der Waals surface area (Å²) < 4.78 is 5.74. The molecule has 1 aromatic rings. The van der Waals surface area contributed by atoms with E-state index < -0.39 is 0 Å². The topological polar surface area (TPSA) is 48.1 Å². The van der Waals surface area contributed by atoms with E-state index in [-0.39, 0.29) is 0 Å². The molecule has 0 aliphatic heterocycles. The predicted octanol–water partition coefficient (Wildman–Crippen LogP) is 2.29. The highest BCUT2D eigenvalue weighted by molar-refractivity contribution is 5.45. The normalized spacial score (nSPS) is 17.2. The molecule has 0 radical (unpaired) electrons. The highest BCUT2D eigenvalue weighted by atomic mass is 16.5. The number of hydrogen-bond acceptors (Lipinski definition) is 3. The van der Waals surface area contributed by atoms with E-state index in [2.05, 4.69) is 4.98 Å². The third kappa shape index (κ3) is 1.97. The SMILES string of the molecule is Cc1cc(OC2CCCC2)ncc1N. The van der Waals surface area contributed by atoms with E-state index in [1.54, 1.807) is 6.20 Å². The van der Waals surface area contributed by atoms with E-state index in [9.17, 15) is 0 Å². The van der Waals surface area contributed by atoms with Crippen LogP contribution in [0.1, 0.15) is 31.2 Å². The van der Waals surface area contributed by atoms with Gasteiger partial charge in [0.15, 0.2) is 0 Å². The van der Waals surface area contributed by atoms with Gasteiger partial charge in [0.2, 0.25) is 5.88 Å². The van der Waals surface area contributed by atoms with Crippen molar-refractivity contribution in [1.29, 1.82) is 0 Å². The van der Waals surface area contributed by atoms with Gasteiger partial charge in [-0.25, -0.2) is 4.98 Å². The van der Waals surface area contributed by atoms with Gasteiger partial charge in [0.05, 0.1) is 11.9 Å². The molecule has 76 valence electrons. The molecule has 3 nitrogen and oxygen atoms in total. The quantitative estimate of drug-likeness (QED) is 0.782. The minimum atomic E-state index is 0.366. The summed E-state index contributed by atoms with van der Waals surface area (Å²) in [6, 6.07) is 1.91. The Hall–Kier alpha value is -1.25. The van der Waals surface area contributed by atoms with Gasteiger partial charge in [0.25, 0.3) is 0 Å². The highest BCUT2D eigenvalue weighted by Crippen LogP contribution is 2.24. The number of pyridine rings is 1. The van der Waals surface area contributed by atoms with E-state index in [0.717, 1.165) is 24.1 Å². The predicted molar refractivity (Wildman–Crippen MR) is 56.3 cm³/mol. The van der Waals surface area contributed by atoms with Crippen molar-refractivity contribution in [1.82, 2.24) is 4.98 Å². The zero-order chi connectivity index (χ0) is 9.97. The number of nitrogens with two attached hydrogens (primary N) is 1. The largest absolute Gasteiger partial charge is 0.474 e. The monoisotopic (exact) mass is 192 g/mol. The molecule has 14 heavy (non-hydrogen) atoms. The molecule has 1 aliphatic rings. The number of aryl methyl sites for hydroxylation is 1. The Labute approximate surface area is 84.3 Å². The molecule has 0 aromatic carbocycles. The van der Waals surface area contributed by atoms with E-state index in [0.29, 0.717) is 12.0 Å². The van der Waals surface area contributed by atoms with Crippen molar-refractivity contribution in [3.63, 3.8) is 0 Å². The lowest BCUT2D eigenvalue weighted by molar-refractivity contribution is 0.201. The second-order valence-corrected chi connectivity index (χ2v) is 3.90. The van der Waals surface area contributed by atoms with Gasteiger partial charge in [-0.3, -0.25) is 0 Å². The fraction of sp³-hybridized carbons (Fsp3) is 0.545. The minimum absolute atomic E-state index is 0.366. The van der Waals surface area contributed by atoms with Crippen LogP contribution in [0.4, 0.5) is 5.69 Å². The molecule has 1 fully saturated rings. The maximum Gasteiger partial charge on any atom is 0.213 e. The van der Waals surface area contributed by atoms with E-state index in [1.165, 1.54) is 12.8 Å². The number of ether oxygens (including phenoxy) is 1. The van der Waals surface area contributed by atoms with Crippen LogP contribution in [-0.4, -0.2) is 11.1 Å². The lowest BCUT2D eigenvalue weighted by atomic mass is 10.2. The summed E-state index contributed by atoms with van der Waals surface area (Å²) in [5.74, 6) is 0.712. The van der Waals surface area contributed by atoms with Crippen LogP contribution >= 0.6 is 0 Å². The number of hydrogen-bond donors (Lipinski definition) is 1. The molecule has 0 bridgehead atoms. The van der Waals surface area contributed by atoms with Crippen LogP contribution in [0.25, 0.3) is 0 Å². The first kappa shape index (κ1) is 9.31. The number of nitrogens with zero attached hydrogens (tertiary/aromatic N) is 1. The first-order valence-electron chi connectivity index (χ1n) is 5.14. The van der Waals surface area contributed by atoms with Crippen molar-refractivity contribution >= 4 is 5.69 Å². The zero-order valence-electron chi connectivity index (χ0n) is 8.49. The van der Waals surface area contributed by atoms with Crippen LogP contribution in [0.15, 0.2) is 12.3 Å². The van der Waals surface area contributed by atoms with E-state index in [4.69, 9.17) is 10.5 Å². The molecule has 1 saturated carbocycles. The number of aromatic nitrogens is 1. The van der Waals surface area contributed by atoms with Crippen LogP contribution in [0.2, 0.25) is 0 Å². The first-order chi connectivity index (χ1) is 6.75. The van der Waals surface area contributed by atoms with E-state index >= 15 is 0 Å². The average molecular weight is 192 g/mol. The van der Waals surface area contributed by atoms with Crippen molar-refractivity contribution in [2.24, 2.45) is 0 Å². The van der Waals surface area contributed by atoms with Crippen molar-refractivity contribution in [2.45, 2.75) is 38.7 Å². The minimum Gasteiger partial charge on any atom is -0.474 e. The molecule has 0 saturated heterocycles. The standard InChI is InChI=1S/C11H16N2O/c1-8-6-11(13-7-10(8)12)14-9-4-2-3-5-9/h6-7,9H,2-5,12H2,1H3. The molecule has 0 spiro atoms. The molecule has 0 atom stereocenters. The van der Waals surface area contributed by atoms with Crippen molar-refractivity contribution in [2.75, 3.05) is 5.73 Å². The fourth-order valence-corrected chi connectivity index (χ4v) is 1.78. The molecule has 2 rings (SSSR count). The summed E-state index contributed by atoms with van der Waals surface area (Å²) >= 11 is 0. The molecular weight excluding hydrogens is 176 g/mol. The average Bonchev–Trinajstić information content (AvgIpc) is 2.64. The lowest BCUT2D eigenvalue weighted by Gasteiger charge is -2.12. The summed E-state index contributed by atoms with van der Waals surface area (Å²) in [4.78, 5) is 4.16. The Morgan fingerprint density at radius 2 is 2.14 bits per heavy atom. The molecule has 1 aliphatic carbocycles. The third-order valence-corrected chi connectivity index (χ3v) is 2.72. The summed E-state index contributed by atoms with van der Waals surface area (Å²) in [6.07, 6.45) is 6.90. The van der Waals surface area contributed by atoms with Gasteiger partial charge < -0.3 is 10.5 Å². The number of rotatable bonds is 2. The Morgan fingerprint density at radius 3 is 2.79 bits per heavy atom. The molecule has 3 heteroatoms. The molecule has 1 aromatic heterocycles.